The topological polar surface area (TPSA) is 36.9 Å². The molecule has 7 aromatic carbocycles. The average Bonchev–Trinajstić information content (AvgIpc) is 3.78. The van der Waals surface area contributed by atoms with Gasteiger partial charge < -0.3 is 18.9 Å². The first-order valence-electron chi connectivity index (χ1n) is 22.3. The van der Waals surface area contributed by atoms with Gasteiger partial charge in [-0.2, -0.15) is 0 Å². The Morgan fingerprint density at radius 2 is 1.11 bits per heavy atom. The second-order valence-corrected chi connectivity index (χ2v) is 21.1. The van der Waals surface area contributed by atoms with E-state index in [9.17, 15) is 0 Å². The number of thioether (sulfide) groups is 1. The lowest BCUT2D eigenvalue weighted by atomic mass is 9.52. The van der Waals surface area contributed by atoms with Crippen LogP contribution in [0.2, 0.25) is 0 Å². The third-order valence-electron chi connectivity index (χ3n) is 14.4. The highest BCUT2D eigenvalue weighted by molar-refractivity contribution is 8.00. The Balaban J connectivity index is 1.23. The molecule has 0 bridgehead atoms. The highest BCUT2D eigenvalue weighted by atomic mass is 32.2. The molecule has 0 amide bonds. The van der Waals surface area contributed by atoms with Crippen LogP contribution in [0.1, 0.15) is 97.0 Å². The Morgan fingerprint density at radius 1 is 0.571 bits per heavy atom. The molecule has 2 aliphatic heterocycles. The number of ether oxygens (including phenoxy) is 4. The van der Waals surface area contributed by atoms with E-state index in [0.717, 1.165) is 73.9 Å². The molecule has 0 aromatic heterocycles. The molecule has 316 valence electrons. The fraction of sp³-hybridized carbons (Fsp3) is 0.276. The predicted molar refractivity (Wildman–Crippen MR) is 258 cm³/mol. The van der Waals surface area contributed by atoms with Crippen LogP contribution >= 0.6 is 11.8 Å². The molecule has 0 unspecified atom stereocenters. The second kappa shape index (κ2) is 14.0. The van der Waals surface area contributed by atoms with Gasteiger partial charge in [-0.3, -0.25) is 0 Å². The fourth-order valence-electron chi connectivity index (χ4n) is 12.6. The summed E-state index contributed by atoms with van der Waals surface area (Å²) < 4.78 is 26.7. The van der Waals surface area contributed by atoms with E-state index in [-0.39, 0.29) is 16.2 Å². The van der Waals surface area contributed by atoms with Crippen LogP contribution in [0.3, 0.4) is 0 Å². The molecule has 2 aliphatic carbocycles. The molecule has 1 saturated carbocycles. The molecular formula is C58H54O4S. The number of hydrogen-bond acceptors (Lipinski definition) is 5. The van der Waals surface area contributed by atoms with Gasteiger partial charge >= 0.3 is 0 Å². The first-order chi connectivity index (χ1) is 30.3. The van der Waals surface area contributed by atoms with E-state index in [1.54, 1.807) is 14.2 Å². The molecule has 0 radical (unpaired) electrons. The van der Waals surface area contributed by atoms with Gasteiger partial charge in [0.2, 0.25) is 4.93 Å². The van der Waals surface area contributed by atoms with Gasteiger partial charge in [-0.05, 0) is 125 Å². The van der Waals surface area contributed by atoms with Gasteiger partial charge in [0.25, 0.3) is 0 Å². The van der Waals surface area contributed by atoms with Crippen molar-refractivity contribution in [3.63, 3.8) is 0 Å². The van der Waals surface area contributed by atoms with E-state index in [2.05, 4.69) is 163 Å². The summed E-state index contributed by atoms with van der Waals surface area (Å²) in [5.41, 5.74) is 12.4. The van der Waals surface area contributed by atoms with E-state index in [0.29, 0.717) is 0 Å². The maximum absolute atomic E-state index is 7.90. The van der Waals surface area contributed by atoms with Crippen molar-refractivity contribution in [2.24, 2.45) is 10.8 Å². The van der Waals surface area contributed by atoms with Crippen LogP contribution in [0, 0.1) is 24.7 Å². The highest BCUT2D eigenvalue weighted by Crippen LogP contribution is 2.68. The fourth-order valence-corrected chi connectivity index (χ4v) is 14.1. The number of fused-ring (bicyclic) bond motifs is 11. The number of aryl methyl sites for hydroxylation is 2. The summed E-state index contributed by atoms with van der Waals surface area (Å²) in [5.74, 6) is 3.34. The van der Waals surface area contributed by atoms with Crippen LogP contribution in [0.15, 0.2) is 144 Å². The molecule has 0 N–H and O–H groups in total. The molecule has 2 heterocycles. The van der Waals surface area contributed by atoms with E-state index < -0.39 is 10.5 Å². The molecule has 0 saturated heterocycles. The lowest BCUT2D eigenvalue weighted by Gasteiger charge is -2.52. The zero-order chi connectivity index (χ0) is 43.5. The normalized spacial score (nSPS) is 18.7. The molecule has 1 spiro atoms. The van der Waals surface area contributed by atoms with E-state index >= 15 is 0 Å². The van der Waals surface area contributed by atoms with Crippen molar-refractivity contribution in [3.05, 3.63) is 190 Å². The molecule has 5 heteroatoms. The first-order valence-corrected chi connectivity index (χ1v) is 23.1. The third-order valence-corrected chi connectivity index (χ3v) is 15.7. The summed E-state index contributed by atoms with van der Waals surface area (Å²) in [5, 5.41) is 2.24. The number of hydrogen-bond donors (Lipinski definition) is 0. The summed E-state index contributed by atoms with van der Waals surface area (Å²) in [6.45, 7) is 14.3. The lowest BCUT2D eigenvalue weighted by molar-refractivity contribution is 0.0642. The number of rotatable bonds is 6. The predicted octanol–water partition coefficient (Wildman–Crippen LogP) is 14.7. The van der Waals surface area contributed by atoms with Gasteiger partial charge in [0.05, 0.1) is 19.1 Å². The SMILES string of the molecule is COc1ccc(C2(c3ccc(OC)cc3)C=Cc3c4c(c5cc6c(cc5c3O2)OC(c2ccccc2C)(c2ccccc2C)S6)-c2ccccc2C42CC(C)(C)CC(C)(C)C2)cc1. The van der Waals surface area contributed by atoms with Gasteiger partial charge in [0, 0.05) is 38.6 Å². The van der Waals surface area contributed by atoms with E-state index in [1.165, 1.54) is 45.2 Å². The second-order valence-electron chi connectivity index (χ2n) is 19.9. The van der Waals surface area contributed by atoms with Crippen LogP contribution in [-0.4, -0.2) is 14.2 Å². The van der Waals surface area contributed by atoms with Crippen LogP contribution in [0.5, 0.6) is 23.0 Å². The highest BCUT2D eigenvalue weighted by Gasteiger charge is 2.56. The molecule has 1 fully saturated rings. The van der Waals surface area contributed by atoms with Crippen molar-refractivity contribution < 1.29 is 18.9 Å². The van der Waals surface area contributed by atoms with E-state index in [4.69, 9.17) is 18.9 Å². The van der Waals surface area contributed by atoms with E-state index in [1.807, 2.05) is 36.0 Å². The zero-order valence-corrected chi connectivity index (χ0v) is 38.3. The molecule has 4 aliphatic rings. The van der Waals surface area contributed by atoms with Gasteiger partial charge in [-0.1, -0.05) is 143 Å². The molecule has 4 nitrogen and oxygen atoms in total. The van der Waals surface area contributed by atoms with Crippen molar-refractivity contribution in [3.8, 4) is 34.1 Å². The third kappa shape index (κ3) is 5.95. The quantitative estimate of drug-likeness (QED) is 0.167. The minimum absolute atomic E-state index is 0.107. The minimum atomic E-state index is -0.961. The van der Waals surface area contributed by atoms with Crippen molar-refractivity contribution in [2.45, 2.75) is 81.6 Å². The maximum Gasteiger partial charge on any atom is 0.211 e. The van der Waals surface area contributed by atoms with Gasteiger partial charge in [0.1, 0.15) is 23.0 Å². The summed E-state index contributed by atoms with van der Waals surface area (Å²) in [4.78, 5) is 0.342. The summed E-state index contributed by atoms with van der Waals surface area (Å²) in [6.07, 6.45) is 7.95. The minimum Gasteiger partial charge on any atom is -0.497 e. The zero-order valence-electron chi connectivity index (χ0n) is 37.5. The lowest BCUT2D eigenvalue weighted by Crippen LogP contribution is -2.44. The average molecular weight is 847 g/mol. The monoisotopic (exact) mass is 846 g/mol. The molecule has 0 atom stereocenters. The number of methoxy groups -OCH3 is 2. The van der Waals surface area contributed by atoms with Crippen LogP contribution < -0.4 is 18.9 Å². The standard InChI is InChI=1S/C58H54O4S/c1-36-15-9-12-18-46(36)58(47-19-13-10-16-37(47)2)61-49-31-45-44(32-50(49)63-58)51-42-17-11-14-20-48(42)56(34-54(3,4)33-55(5,6)35-56)52(51)43-29-30-57(62-53(43)45,38-21-25-40(59-7)26-22-38)39-23-27-41(60-8)28-24-39/h9-32H,33-35H2,1-8H3. The molecular weight excluding hydrogens is 793 g/mol. The van der Waals surface area contributed by atoms with Crippen molar-refractivity contribution >= 4 is 28.6 Å². The summed E-state index contributed by atoms with van der Waals surface area (Å²) in [6, 6.07) is 48.0. The summed E-state index contributed by atoms with van der Waals surface area (Å²) >= 11 is 1.82. The Bertz CT molecular complexity index is 2900. The van der Waals surface area contributed by atoms with Crippen molar-refractivity contribution in [2.75, 3.05) is 14.2 Å². The molecule has 63 heavy (non-hydrogen) atoms. The Labute approximate surface area is 376 Å². The maximum atomic E-state index is 7.90. The smallest absolute Gasteiger partial charge is 0.211 e. The van der Waals surface area contributed by atoms with Crippen LogP contribution in [0.25, 0.3) is 28.0 Å². The first kappa shape index (κ1) is 39.9. The summed E-state index contributed by atoms with van der Waals surface area (Å²) in [7, 11) is 3.42. The largest absolute Gasteiger partial charge is 0.497 e. The van der Waals surface area contributed by atoms with Gasteiger partial charge in [0.15, 0.2) is 5.60 Å². The number of benzene rings is 7. The Hall–Kier alpha value is -5.91. The van der Waals surface area contributed by atoms with Crippen LogP contribution in [0.4, 0.5) is 0 Å². The Kier molecular flexibility index (Phi) is 8.90. The molecule has 7 aromatic rings. The van der Waals surface area contributed by atoms with Gasteiger partial charge in [-0.25, -0.2) is 0 Å². The van der Waals surface area contributed by atoms with Crippen molar-refractivity contribution in [1.82, 2.24) is 0 Å². The van der Waals surface area contributed by atoms with Crippen molar-refractivity contribution in [1.29, 1.82) is 0 Å². The Morgan fingerprint density at radius 3 is 1.67 bits per heavy atom. The molecule has 11 rings (SSSR count). The van der Waals surface area contributed by atoms with Gasteiger partial charge in [-0.15, -0.1) is 0 Å². The van der Waals surface area contributed by atoms with Crippen LogP contribution in [-0.2, 0) is 15.9 Å².